The van der Waals surface area contributed by atoms with Crippen molar-refractivity contribution in [2.75, 3.05) is 29.4 Å². The first-order valence-electron chi connectivity index (χ1n) is 14.4. The number of carboxylic acid groups (broad SMARTS) is 1. The summed E-state index contributed by atoms with van der Waals surface area (Å²) >= 11 is 6.33. The van der Waals surface area contributed by atoms with Crippen molar-refractivity contribution in [2.45, 2.75) is 13.8 Å². The fourth-order valence-corrected chi connectivity index (χ4v) is 6.23. The topological polar surface area (TPSA) is 64.1 Å². The van der Waals surface area contributed by atoms with Crippen molar-refractivity contribution in [3.05, 3.63) is 125 Å². The van der Waals surface area contributed by atoms with E-state index in [0.717, 1.165) is 63.5 Å². The summed E-state index contributed by atoms with van der Waals surface area (Å²) in [6.07, 6.45) is 6.00. The van der Waals surface area contributed by atoms with Crippen LogP contribution in [-0.4, -0.2) is 45.8 Å². The summed E-state index contributed by atoms with van der Waals surface area (Å²) in [5.41, 5.74) is 7.31. The summed E-state index contributed by atoms with van der Waals surface area (Å²) < 4.78 is 0.252. The highest BCUT2D eigenvalue weighted by molar-refractivity contribution is 8.26. The Morgan fingerprint density at radius 1 is 0.750 bits per heavy atom. The molecule has 6 nitrogen and oxygen atoms in total. The molecule has 0 saturated carbocycles. The van der Waals surface area contributed by atoms with Crippen molar-refractivity contribution >= 4 is 81.2 Å². The van der Waals surface area contributed by atoms with Gasteiger partial charge in [-0.25, -0.2) is 0 Å². The molecule has 0 atom stereocenters. The van der Waals surface area contributed by atoms with E-state index in [2.05, 4.69) is 96.5 Å². The summed E-state index contributed by atoms with van der Waals surface area (Å²) in [7, 11) is 0. The van der Waals surface area contributed by atoms with Crippen LogP contribution in [0.4, 0.5) is 22.7 Å². The van der Waals surface area contributed by atoms with E-state index in [0.29, 0.717) is 4.91 Å². The van der Waals surface area contributed by atoms with Gasteiger partial charge in [0.1, 0.15) is 10.9 Å². The first kappa shape index (κ1) is 30.8. The van der Waals surface area contributed by atoms with Gasteiger partial charge in [0, 0.05) is 35.8 Å². The highest BCUT2D eigenvalue weighted by Crippen LogP contribution is 2.36. The number of amides is 1. The first-order chi connectivity index (χ1) is 21.4. The van der Waals surface area contributed by atoms with Crippen molar-refractivity contribution in [1.82, 2.24) is 4.90 Å². The van der Waals surface area contributed by atoms with Gasteiger partial charge in [0.15, 0.2) is 0 Å². The number of carbonyl (C=O) groups excluding carboxylic acids is 1. The Morgan fingerprint density at radius 2 is 1.23 bits per heavy atom. The fraction of sp³-hybridized carbons (Fsp3) is 0.139. The second kappa shape index (κ2) is 14.2. The molecule has 8 heteroatoms. The van der Waals surface area contributed by atoms with Gasteiger partial charge in [0.05, 0.1) is 4.91 Å². The number of nitrogens with zero attached hydrogens (tertiary/aromatic N) is 3. The molecule has 5 rings (SSSR count). The number of benzene rings is 4. The molecule has 0 bridgehead atoms. The van der Waals surface area contributed by atoms with Crippen molar-refractivity contribution in [3.8, 4) is 0 Å². The van der Waals surface area contributed by atoms with Gasteiger partial charge >= 0.3 is 5.97 Å². The van der Waals surface area contributed by atoms with Crippen LogP contribution >= 0.6 is 24.0 Å². The van der Waals surface area contributed by atoms with Gasteiger partial charge in [0.2, 0.25) is 0 Å². The molecule has 0 radical (unpaired) electrons. The molecular formula is C36H33N3O3S2. The Hall–Kier alpha value is -4.66. The standard InChI is InChI=1S/C36H33N3O3S2/c1-3-37(4-2)29-18-12-26(13-19-29)10-11-27-14-20-31(21-15-27)39(30-8-6-5-7-9-30)32-22-16-28(17-23-32)24-33-35(42)38(25-34(40)41)36(43)44-33/h5-24H,3-4,25H2,1-2H3,(H,40,41)/b11-10?,33-24-. The second-order valence-corrected chi connectivity index (χ2v) is 11.8. The Morgan fingerprint density at radius 3 is 1.73 bits per heavy atom. The quantitative estimate of drug-likeness (QED) is 0.103. The zero-order chi connectivity index (χ0) is 31.1. The molecule has 0 aliphatic carbocycles. The molecule has 1 heterocycles. The smallest absolute Gasteiger partial charge is 0.323 e. The minimum atomic E-state index is -1.10. The number of para-hydroxylation sites is 1. The third kappa shape index (κ3) is 7.27. The SMILES string of the molecule is CCN(CC)c1ccc(C=Cc2ccc(N(c3ccccc3)c3ccc(/C=C4\SC(=S)N(CC(=O)O)C4=O)cc3)cc2)cc1. The van der Waals surface area contributed by atoms with Gasteiger partial charge in [-0.1, -0.05) is 90.7 Å². The lowest BCUT2D eigenvalue weighted by Gasteiger charge is -2.25. The average molecular weight is 620 g/mol. The average Bonchev–Trinajstić information content (AvgIpc) is 3.30. The molecule has 0 unspecified atom stereocenters. The molecule has 44 heavy (non-hydrogen) atoms. The monoisotopic (exact) mass is 619 g/mol. The second-order valence-electron chi connectivity index (χ2n) is 10.1. The van der Waals surface area contributed by atoms with Gasteiger partial charge < -0.3 is 14.9 Å². The third-order valence-corrected chi connectivity index (χ3v) is 8.65. The lowest BCUT2D eigenvalue weighted by Crippen LogP contribution is -2.33. The molecule has 4 aromatic carbocycles. The van der Waals surface area contributed by atoms with Crippen molar-refractivity contribution in [2.24, 2.45) is 0 Å². The molecule has 1 fully saturated rings. The van der Waals surface area contributed by atoms with Crippen LogP contribution in [0.25, 0.3) is 18.2 Å². The maximum atomic E-state index is 12.7. The zero-order valence-corrected chi connectivity index (χ0v) is 26.2. The summed E-state index contributed by atoms with van der Waals surface area (Å²) in [5, 5.41) is 9.09. The van der Waals surface area contributed by atoms with E-state index in [4.69, 9.17) is 17.3 Å². The number of hydrogen-bond donors (Lipinski definition) is 1. The van der Waals surface area contributed by atoms with E-state index in [9.17, 15) is 9.59 Å². The van der Waals surface area contributed by atoms with Crippen LogP contribution in [0.5, 0.6) is 0 Å². The van der Waals surface area contributed by atoms with Crippen LogP contribution in [0.2, 0.25) is 0 Å². The number of anilines is 4. The molecule has 1 aliphatic rings. The Balaban J connectivity index is 1.35. The molecule has 0 spiro atoms. The minimum Gasteiger partial charge on any atom is -0.480 e. The molecule has 1 amide bonds. The van der Waals surface area contributed by atoms with Crippen LogP contribution in [0, 0.1) is 0 Å². The number of hydrogen-bond acceptors (Lipinski definition) is 6. The molecule has 1 aliphatic heterocycles. The molecular weight excluding hydrogens is 587 g/mol. The maximum absolute atomic E-state index is 12.7. The van der Waals surface area contributed by atoms with E-state index in [1.807, 2.05) is 42.5 Å². The number of thiocarbonyl (C=S) groups is 1. The van der Waals surface area contributed by atoms with E-state index < -0.39 is 12.5 Å². The zero-order valence-electron chi connectivity index (χ0n) is 24.6. The molecule has 4 aromatic rings. The van der Waals surface area contributed by atoms with Gasteiger partial charge in [-0.15, -0.1) is 0 Å². The normalized spacial score (nSPS) is 14.0. The van der Waals surface area contributed by atoms with Crippen LogP contribution in [-0.2, 0) is 9.59 Å². The Kier molecular flexibility index (Phi) is 9.94. The van der Waals surface area contributed by atoms with Crippen LogP contribution in [0.15, 0.2) is 108 Å². The lowest BCUT2D eigenvalue weighted by molar-refractivity contribution is -0.140. The molecule has 222 valence electrons. The largest absolute Gasteiger partial charge is 0.480 e. The van der Waals surface area contributed by atoms with E-state index >= 15 is 0 Å². The summed E-state index contributed by atoms with van der Waals surface area (Å²) in [4.78, 5) is 29.8. The Labute approximate surface area is 267 Å². The number of rotatable bonds is 11. The van der Waals surface area contributed by atoms with Crippen molar-refractivity contribution in [1.29, 1.82) is 0 Å². The number of thioether (sulfide) groups is 1. The lowest BCUT2D eigenvalue weighted by atomic mass is 10.1. The summed E-state index contributed by atoms with van der Waals surface area (Å²) in [6.45, 7) is 5.88. The van der Waals surface area contributed by atoms with Gasteiger partial charge in [0.25, 0.3) is 5.91 Å². The van der Waals surface area contributed by atoms with Gasteiger partial charge in [-0.3, -0.25) is 14.5 Å². The number of carbonyl (C=O) groups is 2. The minimum absolute atomic E-state index is 0.252. The van der Waals surface area contributed by atoms with Gasteiger partial charge in [-0.05, 0) is 85.1 Å². The number of carboxylic acids is 1. The highest BCUT2D eigenvalue weighted by Gasteiger charge is 2.33. The van der Waals surface area contributed by atoms with Crippen molar-refractivity contribution < 1.29 is 14.7 Å². The van der Waals surface area contributed by atoms with Crippen molar-refractivity contribution in [3.63, 3.8) is 0 Å². The van der Waals surface area contributed by atoms with E-state index in [1.54, 1.807) is 6.08 Å². The van der Waals surface area contributed by atoms with Crippen LogP contribution in [0.3, 0.4) is 0 Å². The summed E-state index contributed by atoms with van der Waals surface area (Å²) in [5.74, 6) is -1.49. The predicted molar refractivity (Wildman–Crippen MR) is 188 cm³/mol. The van der Waals surface area contributed by atoms with Crippen LogP contribution < -0.4 is 9.80 Å². The predicted octanol–water partition coefficient (Wildman–Crippen LogP) is 8.46. The van der Waals surface area contributed by atoms with Gasteiger partial charge in [-0.2, -0.15) is 0 Å². The highest BCUT2D eigenvalue weighted by atomic mass is 32.2. The van der Waals surface area contributed by atoms with Crippen LogP contribution in [0.1, 0.15) is 30.5 Å². The molecule has 1 saturated heterocycles. The van der Waals surface area contributed by atoms with E-state index in [-0.39, 0.29) is 10.2 Å². The third-order valence-electron chi connectivity index (χ3n) is 7.27. The molecule has 1 N–H and O–H groups in total. The maximum Gasteiger partial charge on any atom is 0.323 e. The van der Waals surface area contributed by atoms with E-state index in [1.165, 1.54) is 5.69 Å². The Bertz CT molecular complexity index is 1680. The first-order valence-corrected chi connectivity index (χ1v) is 15.6. The summed E-state index contributed by atoms with van der Waals surface area (Å²) in [6, 6.07) is 35.1. The molecule has 0 aromatic heterocycles. The number of aliphatic carboxylic acids is 1. The fourth-order valence-electron chi connectivity index (χ4n) is 4.98.